The molecule has 0 N–H and O–H groups in total. The minimum Gasteiger partial charge on any atom is -0.293 e. The molecule has 1 aromatic rings. The highest BCUT2D eigenvalue weighted by Gasteiger charge is 2.73. The molecule has 21 heavy (non-hydrogen) atoms. The second-order valence-corrected chi connectivity index (χ2v) is 6.86. The number of carbonyl (C=O) groups is 2. The van der Waals surface area contributed by atoms with E-state index in [-0.39, 0.29) is 23.4 Å². The number of rotatable bonds is 0. The summed E-state index contributed by atoms with van der Waals surface area (Å²) >= 11 is 0. The molecule has 0 heterocycles. The minimum absolute atomic E-state index is 0.207. The van der Waals surface area contributed by atoms with Gasteiger partial charge in [0.1, 0.15) is 0 Å². The molecule has 4 aliphatic carbocycles. The molecule has 0 radical (unpaired) electrons. The highest BCUT2D eigenvalue weighted by molar-refractivity contribution is 6.20. The molecule has 1 saturated carbocycles. The van der Waals surface area contributed by atoms with Crippen LogP contribution in [0.25, 0.3) is 0 Å². The lowest BCUT2D eigenvalue weighted by Gasteiger charge is -2.53. The largest absolute Gasteiger partial charge is 0.293 e. The van der Waals surface area contributed by atoms with Gasteiger partial charge >= 0.3 is 0 Å². The first-order valence-electron chi connectivity index (χ1n) is 7.74. The first-order valence-corrected chi connectivity index (χ1v) is 7.74. The van der Waals surface area contributed by atoms with Gasteiger partial charge in [-0.15, -0.1) is 0 Å². The van der Waals surface area contributed by atoms with Gasteiger partial charge < -0.3 is 0 Å². The van der Waals surface area contributed by atoms with Gasteiger partial charge in [-0.2, -0.15) is 0 Å². The second-order valence-electron chi connectivity index (χ2n) is 6.86. The fraction of sp³-hybridized carbons (Fsp3) is 0.368. The number of ketones is 2. The first kappa shape index (κ1) is 11.7. The standard InChI is InChI=1S/C19H16O2/c20-16-14-5-1-2-6-15(14)17(21)19-10-4-3-9-18(16,19)12-7-8-13(19)11-12/h1-8,12-13H,9-11H2/t12-,13+,18-,19+. The van der Waals surface area contributed by atoms with Crippen molar-refractivity contribution in [2.24, 2.45) is 22.7 Å². The number of allylic oxidation sites excluding steroid dienone is 4. The van der Waals surface area contributed by atoms with E-state index < -0.39 is 10.8 Å². The third kappa shape index (κ3) is 1.00. The smallest absolute Gasteiger partial charge is 0.171 e. The molecule has 0 saturated heterocycles. The van der Waals surface area contributed by atoms with Crippen LogP contribution in [0.4, 0.5) is 0 Å². The molecule has 0 aromatic heterocycles. The van der Waals surface area contributed by atoms with Crippen LogP contribution in [-0.4, -0.2) is 11.6 Å². The Hall–Kier alpha value is -1.96. The van der Waals surface area contributed by atoms with E-state index in [2.05, 4.69) is 24.3 Å². The normalized spacial score (nSPS) is 41.9. The van der Waals surface area contributed by atoms with Gasteiger partial charge in [0.05, 0.1) is 10.8 Å². The van der Waals surface area contributed by atoms with Crippen molar-refractivity contribution in [1.29, 1.82) is 0 Å². The van der Waals surface area contributed by atoms with Gasteiger partial charge in [0.15, 0.2) is 11.6 Å². The molecule has 2 nitrogen and oxygen atoms in total. The average molecular weight is 276 g/mol. The molecule has 4 aliphatic rings. The van der Waals surface area contributed by atoms with Crippen LogP contribution in [0.15, 0.2) is 48.6 Å². The van der Waals surface area contributed by atoms with E-state index in [0.717, 1.165) is 19.3 Å². The number of Topliss-reactive ketones (excluding diaryl/α,β-unsaturated/α-hetero) is 2. The number of fused-ring (bicyclic) bond motifs is 3. The summed E-state index contributed by atoms with van der Waals surface area (Å²) in [7, 11) is 0. The van der Waals surface area contributed by atoms with Gasteiger partial charge in [-0.05, 0) is 31.1 Å². The summed E-state index contributed by atoms with van der Waals surface area (Å²) in [6, 6.07) is 7.41. The zero-order valence-corrected chi connectivity index (χ0v) is 11.7. The number of hydrogen-bond donors (Lipinski definition) is 0. The maximum Gasteiger partial charge on any atom is 0.171 e. The molecule has 5 rings (SSSR count). The SMILES string of the molecule is O=C1c2ccccc2C(=O)[C@@]23CC=CC[C@@]12[C@@H]1C=C[C@H]3C1. The van der Waals surface area contributed by atoms with Crippen LogP contribution in [0.5, 0.6) is 0 Å². The molecule has 1 fully saturated rings. The molecule has 1 aromatic carbocycles. The Kier molecular flexibility index (Phi) is 1.91. The fourth-order valence-electron chi connectivity index (χ4n) is 5.58. The average Bonchev–Trinajstić information content (AvgIpc) is 3.13. The molecule has 0 spiro atoms. The van der Waals surface area contributed by atoms with Crippen LogP contribution < -0.4 is 0 Å². The summed E-state index contributed by atoms with van der Waals surface area (Å²) in [5, 5.41) is 0. The zero-order chi connectivity index (χ0) is 14.2. The van der Waals surface area contributed by atoms with Crippen LogP contribution in [0, 0.1) is 22.7 Å². The monoisotopic (exact) mass is 276 g/mol. The van der Waals surface area contributed by atoms with Crippen LogP contribution in [-0.2, 0) is 0 Å². The van der Waals surface area contributed by atoms with Gasteiger partial charge in [-0.1, -0.05) is 48.6 Å². The molecular formula is C19H16O2. The van der Waals surface area contributed by atoms with E-state index in [4.69, 9.17) is 0 Å². The van der Waals surface area contributed by atoms with Crippen molar-refractivity contribution in [1.82, 2.24) is 0 Å². The summed E-state index contributed by atoms with van der Waals surface area (Å²) < 4.78 is 0. The summed E-state index contributed by atoms with van der Waals surface area (Å²) in [4.78, 5) is 26.7. The lowest BCUT2D eigenvalue weighted by molar-refractivity contribution is 0.0156. The Labute approximate surface area is 123 Å². The summed E-state index contributed by atoms with van der Waals surface area (Å²) in [5.74, 6) is 0.882. The van der Waals surface area contributed by atoms with E-state index in [0.29, 0.717) is 11.1 Å². The van der Waals surface area contributed by atoms with Gasteiger partial charge in [0.25, 0.3) is 0 Å². The number of hydrogen-bond acceptors (Lipinski definition) is 2. The molecule has 104 valence electrons. The third-order valence-electron chi connectivity index (χ3n) is 6.42. The maximum absolute atomic E-state index is 13.4. The Morgan fingerprint density at radius 1 is 0.810 bits per heavy atom. The summed E-state index contributed by atoms with van der Waals surface area (Å²) in [6.07, 6.45) is 11.0. The Balaban J connectivity index is 1.89. The van der Waals surface area contributed by atoms with Crippen molar-refractivity contribution in [3.05, 3.63) is 59.7 Å². The van der Waals surface area contributed by atoms with Gasteiger partial charge in [-0.25, -0.2) is 0 Å². The maximum atomic E-state index is 13.4. The number of benzene rings is 1. The van der Waals surface area contributed by atoms with Crippen LogP contribution in [0.2, 0.25) is 0 Å². The zero-order valence-electron chi connectivity index (χ0n) is 11.7. The van der Waals surface area contributed by atoms with Crippen LogP contribution in [0.1, 0.15) is 40.0 Å². The first-order chi connectivity index (χ1) is 10.2. The van der Waals surface area contributed by atoms with Crippen LogP contribution in [0.3, 0.4) is 0 Å². The molecule has 0 unspecified atom stereocenters. The van der Waals surface area contributed by atoms with Crippen molar-refractivity contribution < 1.29 is 9.59 Å². The molecule has 0 aliphatic heterocycles. The molecule has 0 amide bonds. The van der Waals surface area contributed by atoms with Gasteiger partial charge in [0.2, 0.25) is 0 Å². The predicted octanol–water partition coefficient (Wildman–Crippen LogP) is 3.59. The van der Waals surface area contributed by atoms with E-state index >= 15 is 0 Å². The lowest BCUT2D eigenvalue weighted by Crippen LogP contribution is -2.58. The van der Waals surface area contributed by atoms with E-state index in [1.54, 1.807) is 0 Å². The molecular weight excluding hydrogens is 260 g/mol. The Bertz CT molecular complexity index is 696. The second kappa shape index (κ2) is 3.44. The lowest BCUT2D eigenvalue weighted by atomic mass is 9.46. The third-order valence-corrected chi connectivity index (χ3v) is 6.42. The van der Waals surface area contributed by atoms with E-state index in [1.165, 1.54) is 0 Å². The molecule has 4 atom stereocenters. The van der Waals surface area contributed by atoms with Crippen molar-refractivity contribution in [3.8, 4) is 0 Å². The van der Waals surface area contributed by atoms with E-state index in [1.807, 2.05) is 24.3 Å². The predicted molar refractivity (Wildman–Crippen MR) is 79.1 cm³/mol. The highest BCUT2D eigenvalue weighted by Crippen LogP contribution is 2.71. The van der Waals surface area contributed by atoms with Crippen molar-refractivity contribution in [3.63, 3.8) is 0 Å². The number of carbonyl (C=O) groups excluding carboxylic acids is 2. The fourth-order valence-corrected chi connectivity index (χ4v) is 5.58. The quantitative estimate of drug-likeness (QED) is 0.679. The summed E-state index contributed by atoms with van der Waals surface area (Å²) in [5.41, 5.74) is 0.280. The molecule has 2 heteroatoms. The molecule has 2 bridgehead atoms. The van der Waals surface area contributed by atoms with Gasteiger partial charge in [0, 0.05) is 11.1 Å². The summed E-state index contributed by atoms with van der Waals surface area (Å²) in [6.45, 7) is 0. The Morgan fingerprint density at radius 2 is 1.29 bits per heavy atom. The van der Waals surface area contributed by atoms with E-state index in [9.17, 15) is 9.59 Å². The van der Waals surface area contributed by atoms with Crippen molar-refractivity contribution >= 4 is 11.6 Å². The minimum atomic E-state index is -0.507. The van der Waals surface area contributed by atoms with Gasteiger partial charge in [-0.3, -0.25) is 9.59 Å². The van der Waals surface area contributed by atoms with Crippen molar-refractivity contribution in [2.75, 3.05) is 0 Å². The topological polar surface area (TPSA) is 34.1 Å². The van der Waals surface area contributed by atoms with Crippen molar-refractivity contribution in [2.45, 2.75) is 19.3 Å². The Morgan fingerprint density at radius 3 is 1.76 bits per heavy atom. The highest BCUT2D eigenvalue weighted by atomic mass is 16.1. The van der Waals surface area contributed by atoms with Crippen LogP contribution >= 0.6 is 0 Å².